The van der Waals surface area contributed by atoms with E-state index in [-0.39, 0.29) is 5.56 Å². The quantitative estimate of drug-likeness (QED) is 0.696. The summed E-state index contributed by atoms with van der Waals surface area (Å²) in [6.07, 6.45) is 1.88. The van der Waals surface area contributed by atoms with Crippen molar-refractivity contribution < 1.29 is 14.6 Å². The molecule has 0 unspecified atom stereocenters. The van der Waals surface area contributed by atoms with Crippen LogP contribution in [0, 0.1) is 0 Å². The average molecular weight is 351 g/mol. The topological polar surface area (TPSA) is 49.8 Å². The lowest BCUT2D eigenvalue weighted by atomic mass is 9.86. The first kappa shape index (κ1) is 15.8. The van der Waals surface area contributed by atoms with Gasteiger partial charge in [0.2, 0.25) is 0 Å². The van der Waals surface area contributed by atoms with Gasteiger partial charge >= 0.3 is 5.97 Å². The molecule has 1 N–H and O–H groups in total. The molecule has 2 aromatic rings. The highest BCUT2D eigenvalue weighted by molar-refractivity contribution is 7.78. The minimum Gasteiger partial charge on any atom is -0.478 e. The van der Waals surface area contributed by atoms with Crippen LogP contribution in [0.25, 0.3) is 5.57 Å². The zero-order valence-corrected chi connectivity index (χ0v) is 14.4. The first-order chi connectivity index (χ1) is 12.2. The molecular formula is C20H17NO3S. The first-order valence-electron chi connectivity index (χ1n) is 8.23. The maximum atomic E-state index is 11.3. The molecule has 4 nitrogen and oxygen atoms in total. The van der Waals surface area contributed by atoms with Crippen LogP contribution in [0.3, 0.4) is 0 Å². The molecule has 25 heavy (non-hydrogen) atoms. The van der Waals surface area contributed by atoms with E-state index in [2.05, 4.69) is 11.0 Å². The van der Waals surface area contributed by atoms with Gasteiger partial charge in [0.25, 0.3) is 0 Å². The second-order valence-corrected chi connectivity index (χ2v) is 6.45. The molecule has 0 amide bonds. The predicted octanol–water partition coefficient (Wildman–Crippen LogP) is 4.35. The molecule has 0 saturated carbocycles. The number of para-hydroxylation sites is 1. The number of thiocarbonyl (C=S) groups is 1. The molecule has 0 aromatic heterocycles. The fraction of sp³-hybridized carbons (Fsp3) is 0.200. The molecule has 2 aliphatic rings. The molecule has 2 aliphatic heterocycles. The smallest absolute Gasteiger partial charge is 0.335 e. The van der Waals surface area contributed by atoms with Gasteiger partial charge in [0, 0.05) is 24.2 Å². The van der Waals surface area contributed by atoms with Crippen LogP contribution in [-0.2, 0) is 0 Å². The summed E-state index contributed by atoms with van der Waals surface area (Å²) in [7, 11) is 0. The number of likely N-dealkylation sites (tertiary alicyclic amines) is 1. The fourth-order valence-corrected chi connectivity index (χ4v) is 3.71. The van der Waals surface area contributed by atoms with Gasteiger partial charge in [0.1, 0.15) is 11.5 Å². The number of piperidine rings is 1. The van der Waals surface area contributed by atoms with Gasteiger partial charge in [-0.15, -0.1) is 0 Å². The van der Waals surface area contributed by atoms with Gasteiger partial charge in [-0.25, -0.2) is 4.79 Å². The molecule has 0 bridgehead atoms. The van der Waals surface area contributed by atoms with Crippen molar-refractivity contribution in [1.82, 2.24) is 4.90 Å². The molecule has 1 saturated heterocycles. The number of aromatic carboxylic acids is 1. The van der Waals surface area contributed by atoms with Gasteiger partial charge in [-0.3, -0.25) is 0 Å². The van der Waals surface area contributed by atoms with E-state index < -0.39 is 5.97 Å². The second-order valence-electron chi connectivity index (χ2n) is 6.23. The van der Waals surface area contributed by atoms with Crippen molar-refractivity contribution in [2.45, 2.75) is 12.8 Å². The standard InChI is InChI=1S/C20H17NO3S/c22-20(23)14-5-6-16-18(11-14)24-17-4-2-1-3-15(17)19(16)13-7-9-21(12-25)10-8-13/h1-6,11-12H,7-10H2,(H,22,23). The molecule has 4 rings (SSSR count). The highest BCUT2D eigenvalue weighted by Gasteiger charge is 2.26. The lowest BCUT2D eigenvalue weighted by Gasteiger charge is -2.31. The number of carboxylic acid groups (broad SMARTS) is 1. The Balaban J connectivity index is 1.87. The molecule has 2 heterocycles. The second kappa shape index (κ2) is 6.33. The lowest BCUT2D eigenvalue weighted by Crippen LogP contribution is -2.29. The molecule has 5 heteroatoms. The number of ether oxygens (including phenoxy) is 1. The summed E-state index contributed by atoms with van der Waals surface area (Å²) in [4.78, 5) is 13.5. The highest BCUT2D eigenvalue weighted by atomic mass is 32.1. The summed E-state index contributed by atoms with van der Waals surface area (Å²) in [6, 6.07) is 13.1. The normalized spacial score (nSPS) is 15.9. The molecular weight excluding hydrogens is 334 g/mol. The van der Waals surface area contributed by atoms with Gasteiger partial charge in [0.15, 0.2) is 0 Å². The molecule has 0 atom stereocenters. The van der Waals surface area contributed by atoms with Crippen molar-refractivity contribution in [3.8, 4) is 11.5 Å². The van der Waals surface area contributed by atoms with Gasteiger partial charge < -0.3 is 14.7 Å². The van der Waals surface area contributed by atoms with E-state index in [1.54, 1.807) is 17.6 Å². The summed E-state index contributed by atoms with van der Waals surface area (Å²) >= 11 is 5.04. The third-order valence-electron chi connectivity index (χ3n) is 4.78. The van der Waals surface area contributed by atoms with Gasteiger partial charge in [-0.2, -0.15) is 0 Å². The number of hydrogen-bond acceptors (Lipinski definition) is 3. The van der Waals surface area contributed by atoms with Crippen LogP contribution in [0.1, 0.15) is 34.3 Å². The Morgan fingerprint density at radius 3 is 2.52 bits per heavy atom. The summed E-state index contributed by atoms with van der Waals surface area (Å²) in [5.74, 6) is 0.435. The van der Waals surface area contributed by atoms with E-state index in [0.29, 0.717) is 5.75 Å². The maximum absolute atomic E-state index is 11.3. The Kier molecular flexibility index (Phi) is 4.01. The van der Waals surface area contributed by atoms with Crippen LogP contribution in [0.2, 0.25) is 0 Å². The third kappa shape index (κ3) is 2.81. The Hall–Kier alpha value is -2.66. The number of carbonyl (C=O) groups is 1. The average Bonchev–Trinajstić information content (AvgIpc) is 2.65. The Morgan fingerprint density at radius 1 is 1.08 bits per heavy atom. The van der Waals surface area contributed by atoms with E-state index in [0.717, 1.165) is 42.8 Å². The van der Waals surface area contributed by atoms with Crippen molar-refractivity contribution in [2.24, 2.45) is 0 Å². The summed E-state index contributed by atoms with van der Waals surface area (Å²) in [6.45, 7) is 1.82. The van der Waals surface area contributed by atoms with E-state index >= 15 is 0 Å². The molecule has 0 radical (unpaired) electrons. The fourth-order valence-electron chi connectivity index (χ4n) is 3.50. The number of rotatable bonds is 2. The van der Waals surface area contributed by atoms with Gasteiger partial charge in [0.05, 0.1) is 11.1 Å². The number of carboxylic acids is 1. The van der Waals surface area contributed by atoms with E-state index in [1.807, 2.05) is 24.3 Å². The maximum Gasteiger partial charge on any atom is 0.335 e. The van der Waals surface area contributed by atoms with E-state index in [1.165, 1.54) is 11.1 Å². The minimum absolute atomic E-state index is 0.234. The van der Waals surface area contributed by atoms with Crippen molar-refractivity contribution in [2.75, 3.05) is 13.1 Å². The summed E-state index contributed by atoms with van der Waals surface area (Å²) in [5, 5.41) is 9.27. The van der Waals surface area contributed by atoms with Crippen molar-refractivity contribution in [3.63, 3.8) is 0 Å². The number of fused-ring (bicyclic) bond motifs is 2. The largest absolute Gasteiger partial charge is 0.478 e. The highest BCUT2D eigenvalue weighted by Crippen LogP contribution is 2.46. The molecule has 0 aliphatic carbocycles. The minimum atomic E-state index is -0.950. The predicted molar refractivity (Wildman–Crippen MR) is 100 cm³/mol. The lowest BCUT2D eigenvalue weighted by molar-refractivity contribution is 0.0696. The van der Waals surface area contributed by atoms with E-state index in [4.69, 9.17) is 17.0 Å². The van der Waals surface area contributed by atoms with Crippen molar-refractivity contribution in [3.05, 3.63) is 64.7 Å². The first-order valence-corrected chi connectivity index (χ1v) is 8.71. The number of nitrogens with zero attached hydrogens (tertiary/aromatic N) is 1. The van der Waals surface area contributed by atoms with Gasteiger partial charge in [-0.05, 0) is 42.7 Å². The molecule has 0 spiro atoms. The number of hydrogen-bond donors (Lipinski definition) is 1. The summed E-state index contributed by atoms with van der Waals surface area (Å²) < 4.78 is 6.00. The van der Waals surface area contributed by atoms with Crippen LogP contribution in [0.5, 0.6) is 11.5 Å². The third-order valence-corrected chi connectivity index (χ3v) is 5.08. The van der Waals surface area contributed by atoms with Crippen LogP contribution in [-0.4, -0.2) is 34.6 Å². The van der Waals surface area contributed by atoms with Crippen LogP contribution in [0.4, 0.5) is 0 Å². The van der Waals surface area contributed by atoms with Crippen molar-refractivity contribution >= 4 is 29.3 Å². The van der Waals surface area contributed by atoms with Crippen molar-refractivity contribution in [1.29, 1.82) is 0 Å². The monoisotopic (exact) mass is 351 g/mol. The number of benzene rings is 2. The summed E-state index contributed by atoms with van der Waals surface area (Å²) in [5.41, 5.74) is 6.55. The van der Waals surface area contributed by atoms with E-state index in [9.17, 15) is 9.90 Å². The molecule has 2 aromatic carbocycles. The van der Waals surface area contributed by atoms with Gasteiger partial charge in [-0.1, -0.05) is 36.0 Å². The van der Waals surface area contributed by atoms with Crippen LogP contribution >= 0.6 is 12.2 Å². The Labute approximate surface area is 151 Å². The Morgan fingerprint density at radius 2 is 1.80 bits per heavy atom. The van der Waals surface area contributed by atoms with Crippen LogP contribution in [0.15, 0.2) is 48.0 Å². The molecule has 126 valence electrons. The SMILES string of the molecule is O=C(O)c1ccc2c(c1)Oc1ccccc1C2=C1CCN(C=S)CC1. The van der Waals surface area contributed by atoms with Crippen LogP contribution < -0.4 is 4.74 Å². The molecule has 1 fully saturated rings. The zero-order valence-electron chi connectivity index (χ0n) is 13.6. The Bertz CT molecular complexity index is 894. The zero-order chi connectivity index (χ0) is 17.4.